The van der Waals surface area contributed by atoms with Gasteiger partial charge in [0.25, 0.3) is 5.79 Å². The number of unbranched alkanes of at least 4 members (excludes halogenated alkanes) is 45. The fraction of sp³-hybridized carbons (Fsp3) is 0.962. The molecular formula is C78H148N2O21. The minimum Gasteiger partial charge on any atom is -0.477 e. The molecule has 0 radical (unpaired) electrons. The number of aliphatic hydroxyl groups is 11. The molecule has 0 aromatic heterocycles. The van der Waals surface area contributed by atoms with Crippen molar-refractivity contribution in [3.8, 4) is 0 Å². The Labute approximate surface area is 608 Å². The highest BCUT2D eigenvalue weighted by Gasteiger charge is 2.60. The molecule has 0 spiro atoms. The van der Waals surface area contributed by atoms with Crippen LogP contribution in [0.5, 0.6) is 0 Å². The molecule has 101 heavy (non-hydrogen) atoms. The van der Waals surface area contributed by atoms with Gasteiger partial charge in [-0.25, -0.2) is 4.79 Å². The van der Waals surface area contributed by atoms with Gasteiger partial charge >= 0.3 is 5.97 Å². The number of rotatable bonds is 65. The average Bonchev–Trinajstić information content (AvgIpc) is 0.756. The molecule has 18 atom stereocenters. The lowest BCUT2D eigenvalue weighted by atomic mass is 9.88. The fourth-order valence-electron chi connectivity index (χ4n) is 14.6. The molecule has 0 aromatic carbocycles. The van der Waals surface area contributed by atoms with Crippen molar-refractivity contribution in [2.75, 3.05) is 26.4 Å². The van der Waals surface area contributed by atoms with Gasteiger partial charge in [-0.1, -0.05) is 309 Å². The molecule has 0 saturated carbocycles. The van der Waals surface area contributed by atoms with Crippen LogP contribution in [0.2, 0.25) is 0 Å². The van der Waals surface area contributed by atoms with Crippen molar-refractivity contribution in [1.82, 2.24) is 10.6 Å². The van der Waals surface area contributed by atoms with Crippen LogP contribution < -0.4 is 10.6 Å². The van der Waals surface area contributed by atoms with E-state index >= 15 is 0 Å². The van der Waals surface area contributed by atoms with Crippen LogP contribution in [-0.2, 0) is 42.8 Å². The van der Waals surface area contributed by atoms with Gasteiger partial charge in [-0.2, -0.15) is 0 Å². The van der Waals surface area contributed by atoms with Crippen molar-refractivity contribution in [1.29, 1.82) is 0 Å². The first-order valence-corrected chi connectivity index (χ1v) is 40.9. The molecule has 3 rings (SSSR count). The topological polar surface area (TPSA) is 373 Å². The summed E-state index contributed by atoms with van der Waals surface area (Å²) in [5.41, 5.74) is 0. The first-order chi connectivity index (χ1) is 48.9. The minimum absolute atomic E-state index is 0.230. The molecule has 14 N–H and O–H groups in total. The smallest absolute Gasteiger partial charge is 0.364 e. The lowest BCUT2D eigenvalue weighted by Crippen LogP contribution is -2.70. The number of ether oxygens (including phenoxy) is 6. The van der Waals surface area contributed by atoms with Crippen LogP contribution in [0.15, 0.2) is 0 Å². The van der Waals surface area contributed by atoms with Gasteiger partial charge in [-0.15, -0.1) is 0 Å². The standard InChI is InChI=1S/C78H148N2O21/c1-4-6-8-10-12-14-16-18-20-22-24-26-27-28-29-30-31-32-34-36-38-40-42-44-46-48-50-52-65(88)80-59(60(85)51-49-47-45-43-41-39-37-35-33-25-23-21-19-17-15-13-11-9-7-5-2)57-96-75-70(92)69(91)72(64(56-83)98-75)99-76-71(93)74(68(90)63(55-82)97-76)101-78(77(94)95)53-61(86)66(79-58(3)84)73(100-78)67(89)62(87)54-81/h59-64,66-76,81-83,85-87,89-93H,4-57H2,1-3H3,(H,79,84)(H,80,88)(H,94,95). The minimum atomic E-state index is -3.08. The van der Waals surface area contributed by atoms with Gasteiger partial charge < -0.3 is 100 Å². The molecule has 3 aliphatic heterocycles. The zero-order valence-electron chi connectivity index (χ0n) is 63.0. The van der Waals surface area contributed by atoms with E-state index in [4.69, 9.17) is 28.4 Å². The molecule has 2 amide bonds. The van der Waals surface area contributed by atoms with Crippen molar-refractivity contribution in [3.05, 3.63) is 0 Å². The summed E-state index contributed by atoms with van der Waals surface area (Å²) < 4.78 is 35.0. The third kappa shape index (κ3) is 38.4. The largest absolute Gasteiger partial charge is 0.477 e. The van der Waals surface area contributed by atoms with Crippen LogP contribution in [-0.4, -0.2) is 215 Å². The number of aliphatic carboxylic acids is 1. The number of amides is 2. The zero-order chi connectivity index (χ0) is 73.9. The van der Waals surface area contributed by atoms with E-state index in [2.05, 4.69) is 24.5 Å². The summed E-state index contributed by atoms with van der Waals surface area (Å²) in [5.74, 6) is -6.09. The average molecular weight is 1450 g/mol. The van der Waals surface area contributed by atoms with Gasteiger partial charge in [0, 0.05) is 19.8 Å². The second-order valence-electron chi connectivity index (χ2n) is 30.0. The Balaban J connectivity index is 1.50. The maximum Gasteiger partial charge on any atom is 0.364 e. The summed E-state index contributed by atoms with van der Waals surface area (Å²) in [5, 5.41) is 137. The van der Waals surface area contributed by atoms with Gasteiger partial charge in [-0.3, -0.25) is 9.59 Å². The van der Waals surface area contributed by atoms with E-state index in [1.807, 2.05) is 0 Å². The lowest BCUT2D eigenvalue weighted by molar-refractivity contribution is -0.386. The monoisotopic (exact) mass is 1450 g/mol. The van der Waals surface area contributed by atoms with Crippen molar-refractivity contribution in [2.24, 2.45) is 0 Å². The maximum atomic E-state index is 13.6. The summed E-state index contributed by atoms with van der Waals surface area (Å²) in [6.07, 6.45) is 31.0. The second-order valence-corrected chi connectivity index (χ2v) is 30.0. The molecule has 18 unspecified atom stereocenters. The molecule has 23 heteroatoms. The number of aliphatic hydroxyl groups excluding tert-OH is 11. The Kier molecular flexibility index (Phi) is 53.2. The quantitative estimate of drug-likeness (QED) is 0.0252. The molecule has 3 fully saturated rings. The lowest BCUT2D eigenvalue weighted by Gasteiger charge is -2.50. The van der Waals surface area contributed by atoms with E-state index in [1.54, 1.807) is 0 Å². The van der Waals surface area contributed by atoms with Crippen molar-refractivity contribution in [3.63, 3.8) is 0 Å². The predicted octanol–water partition coefficient (Wildman–Crippen LogP) is 10.8. The number of carbonyl (C=O) groups is 3. The van der Waals surface area contributed by atoms with Gasteiger partial charge in [0.15, 0.2) is 12.6 Å². The summed E-state index contributed by atoms with van der Waals surface area (Å²) >= 11 is 0. The van der Waals surface area contributed by atoms with Crippen LogP contribution in [0.3, 0.4) is 0 Å². The van der Waals surface area contributed by atoms with Crippen LogP contribution in [0.25, 0.3) is 0 Å². The molecule has 0 aromatic rings. The predicted molar refractivity (Wildman–Crippen MR) is 389 cm³/mol. The summed E-state index contributed by atoms with van der Waals surface area (Å²) in [7, 11) is 0. The number of carboxylic acid groups (broad SMARTS) is 1. The molecule has 3 aliphatic rings. The third-order valence-corrected chi connectivity index (χ3v) is 21.1. The van der Waals surface area contributed by atoms with Gasteiger partial charge in [0.05, 0.1) is 50.7 Å². The molecule has 3 saturated heterocycles. The van der Waals surface area contributed by atoms with E-state index < -0.39 is 148 Å². The van der Waals surface area contributed by atoms with Crippen LogP contribution >= 0.6 is 0 Å². The number of nitrogens with one attached hydrogen (secondary N) is 2. The van der Waals surface area contributed by atoms with Crippen molar-refractivity contribution >= 4 is 17.8 Å². The van der Waals surface area contributed by atoms with E-state index in [9.17, 15) is 75.7 Å². The third-order valence-electron chi connectivity index (χ3n) is 21.1. The molecule has 23 nitrogen and oxygen atoms in total. The fourth-order valence-corrected chi connectivity index (χ4v) is 14.6. The van der Waals surface area contributed by atoms with Gasteiger partial charge in [0.1, 0.15) is 67.1 Å². The number of carboxylic acids is 1. The Morgan fingerprint density at radius 1 is 0.475 bits per heavy atom. The Bertz CT molecular complexity index is 2020. The van der Waals surface area contributed by atoms with Crippen LogP contribution in [0.4, 0.5) is 0 Å². The number of hydrogen-bond acceptors (Lipinski definition) is 20. The molecule has 0 aliphatic carbocycles. The van der Waals surface area contributed by atoms with E-state index in [0.29, 0.717) is 19.3 Å². The Morgan fingerprint density at radius 2 is 0.861 bits per heavy atom. The van der Waals surface area contributed by atoms with Gasteiger partial charge in [0.2, 0.25) is 11.8 Å². The molecule has 596 valence electrons. The summed E-state index contributed by atoms with van der Waals surface area (Å²) in [6, 6.07) is -2.53. The van der Waals surface area contributed by atoms with Crippen molar-refractivity contribution in [2.45, 2.75) is 452 Å². The normalized spacial score (nSPS) is 26.7. The highest BCUT2D eigenvalue weighted by molar-refractivity contribution is 5.77. The summed E-state index contributed by atoms with van der Waals surface area (Å²) in [4.78, 5) is 38.7. The number of carbonyl (C=O) groups excluding carboxylic acids is 2. The highest BCUT2D eigenvalue weighted by Crippen LogP contribution is 2.39. The first-order valence-electron chi connectivity index (χ1n) is 40.9. The maximum absolute atomic E-state index is 13.6. The summed E-state index contributed by atoms with van der Waals surface area (Å²) in [6.45, 7) is 2.27. The second kappa shape index (κ2) is 57.8. The van der Waals surface area contributed by atoms with Crippen molar-refractivity contribution < 1.29 is 104 Å². The molecule has 0 bridgehead atoms. The van der Waals surface area contributed by atoms with E-state index in [0.717, 1.165) is 51.9 Å². The zero-order valence-corrected chi connectivity index (χ0v) is 63.0. The van der Waals surface area contributed by atoms with Gasteiger partial charge in [-0.05, 0) is 12.8 Å². The van der Waals surface area contributed by atoms with Crippen LogP contribution in [0.1, 0.15) is 342 Å². The Hall–Kier alpha value is -2.27. The van der Waals surface area contributed by atoms with Crippen LogP contribution in [0, 0.1) is 0 Å². The van der Waals surface area contributed by atoms with E-state index in [1.165, 1.54) is 244 Å². The van der Waals surface area contributed by atoms with E-state index in [-0.39, 0.29) is 18.9 Å². The SMILES string of the molecule is CCCCCCCCCCCCCCCCCCCCCCCCCCCCCC(=O)NC(COC1OC(CO)C(OC2OC(CO)C(O)C(OC3(C(=O)O)CC(O)C(NC(C)=O)C(C(O)C(O)CO)O3)C2O)C(O)C1O)C(O)CCCCCCCCCCCCCCCCCCCCCC. The number of hydrogen-bond donors (Lipinski definition) is 14. The highest BCUT2D eigenvalue weighted by atomic mass is 16.8. The molecular weight excluding hydrogens is 1300 g/mol. The Morgan fingerprint density at radius 3 is 1.24 bits per heavy atom. The molecule has 3 heterocycles. The first kappa shape index (κ1) is 92.9.